The molecule has 26 heteroatoms. The first-order valence-corrected chi connectivity index (χ1v) is 20.7. The Morgan fingerprint density at radius 1 is 0.348 bits per heavy atom. The third-order valence-electron chi connectivity index (χ3n) is 11.5. The van der Waals surface area contributed by atoms with Crippen LogP contribution < -0.4 is 10.6 Å². The number of amides is 2. The first-order chi connectivity index (χ1) is 30.5. The number of aliphatic carboxylic acids is 9. The SMILES string of the molecule is O=C(O)CCC(CCC(=O)O)(CCC(=O)O)CC(=O)CCC(CCC(=O)NC(CCC(=O)O)(CCC(=O)O)CCC(=O)O)(CCC(=O)NC(CCC(=O)O)(CCC(=O)O)CC(=O)O)[N+](=O)[O-]. The standard InChI is InChI=1S/C40H59N3O23/c44-25(23-37(12-4-28(47)48,13-5-29(49)50)14-6-30(51)52)1-20-40(43(65)66,22-3-27(46)42-39(24-36(63)64,18-10-34(59)60)19-11-35(61)62)21-2-26(45)41-38(15-7-31(53)54,16-8-32(55)56)17-9-33(57)58/h1-24H2,(H,41,45)(H,42,46)(H,47,48)(H,49,50)(H,51,52)(H,53,54)(H,55,56)(H,57,58)(H,59,60)(H,61,62)(H,63,64). The van der Waals surface area contributed by atoms with E-state index in [2.05, 4.69) is 10.6 Å². The van der Waals surface area contributed by atoms with Gasteiger partial charge in [0.2, 0.25) is 17.4 Å². The smallest absolute Gasteiger partial charge is 0.305 e. The molecule has 11 N–H and O–H groups in total. The molecule has 0 fully saturated rings. The summed E-state index contributed by atoms with van der Waals surface area (Å²) >= 11 is 0. The molecule has 0 bridgehead atoms. The van der Waals surface area contributed by atoms with Crippen LogP contribution in [0.1, 0.15) is 154 Å². The van der Waals surface area contributed by atoms with Crippen molar-refractivity contribution in [2.75, 3.05) is 0 Å². The molecule has 0 saturated carbocycles. The van der Waals surface area contributed by atoms with Crippen LogP contribution in [0.3, 0.4) is 0 Å². The fourth-order valence-electron chi connectivity index (χ4n) is 7.75. The summed E-state index contributed by atoms with van der Waals surface area (Å²) in [4.78, 5) is 157. The van der Waals surface area contributed by atoms with Crippen LogP contribution in [0.5, 0.6) is 0 Å². The van der Waals surface area contributed by atoms with Gasteiger partial charge in [0.05, 0.1) is 12.0 Å². The largest absolute Gasteiger partial charge is 0.481 e. The lowest BCUT2D eigenvalue weighted by atomic mass is 9.71. The summed E-state index contributed by atoms with van der Waals surface area (Å²) in [5, 5.41) is 102. The quantitative estimate of drug-likeness (QED) is 0.0310. The highest BCUT2D eigenvalue weighted by Crippen LogP contribution is 2.41. The number of nitrogens with one attached hydrogen (secondary N) is 2. The topological polar surface area (TPSA) is 454 Å². The van der Waals surface area contributed by atoms with Gasteiger partial charge in [-0.25, -0.2) is 0 Å². The predicted octanol–water partition coefficient (Wildman–Crippen LogP) is 2.39. The molecular formula is C40H59N3O23. The zero-order chi connectivity index (χ0) is 50.9. The second-order valence-corrected chi connectivity index (χ2v) is 16.6. The third-order valence-corrected chi connectivity index (χ3v) is 11.5. The lowest BCUT2D eigenvalue weighted by Crippen LogP contribution is -2.51. The van der Waals surface area contributed by atoms with Gasteiger partial charge in [-0.1, -0.05) is 0 Å². The van der Waals surface area contributed by atoms with Gasteiger partial charge in [-0.3, -0.25) is 67.6 Å². The molecule has 0 aliphatic carbocycles. The number of nitrogens with zero attached hydrogens (tertiary/aromatic N) is 1. The average Bonchev–Trinajstić information content (AvgIpc) is 3.19. The maximum atomic E-state index is 13.7. The van der Waals surface area contributed by atoms with E-state index in [1.807, 2.05) is 0 Å². The molecule has 0 saturated heterocycles. The summed E-state index contributed by atoms with van der Waals surface area (Å²) in [5.74, 6) is -15.8. The molecule has 1 unspecified atom stereocenters. The minimum Gasteiger partial charge on any atom is -0.481 e. The van der Waals surface area contributed by atoms with Gasteiger partial charge in [-0.05, 0) is 56.8 Å². The molecule has 0 rings (SSSR count). The van der Waals surface area contributed by atoms with Crippen LogP contribution in [0, 0.1) is 15.5 Å². The Labute approximate surface area is 376 Å². The summed E-state index contributed by atoms with van der Waals surface area (Å²) in [6.07, 6.45) is -15.7. The molecule has 1 atom stereocenters. The van der Waals surface area contributed by atoms with Crippen molar-refractivity contribution in [3.05, 3.63) is 10.1 Å². The monoisotopic (exact) mass is 949 g/mol. The van der Waals surface area contributed by atoms with Crippen LogP contribution in [0.4, 0.5) is 0 Å². The molecule has 0 aromatic heterocycles. The molecule has 0 radical (unpaired) electrons. The van der Waals surface area contributed by atoms with Crippen LogP contribution >= 0.6 is 0 Å². The van der Waals surface area contributed by atoms with E-state index >= 15 is 0 Å². The molecule has 0 spiro atoms. The van der Waals surface area contributed by atoms with E-state index in [9.17, 15) is 114 Å². The predicted molar refractivity (Wildman–Crippen MR) is 218 cm³/mol. The number of hydrogen-bond acceptors (Lipinski definition) is 14. The molecule has 26 nitrogen and oxygen atoms in total. The highest BCUT2D eigenvalue weighted by Gasteiger charge is 2.46. The maximum absolute atomic E-state index is 13.7. The first-order valence-electron chi connectivity index (χ1n) is 20.7. The molecule has 0 aliphatic heterocycles. The van der Waals surface area contributed by atoms with Crippen LogP contribution in [0.15, 0.2) is 0 Å². The highest BCUT2D eigenvalue weighted by molar-refractivity contribution is 5.81. The molecule has 0 aromatic carbocycles. The van der Waals surface area contributed by atoms with Gasteiger partial charge in [-0.15, -0.1) is 0 Å². The zero-order valence-electron chi connectivity index (χ0n) is 36.2. The number of nitro groups is 1. The molecule has 0 aliphatic rings. The van der Waals surface area contributed by atoms with Crippen molar-refractivity contribution in [3.8, 4) is 0 Å². The van der Waals surface area contributed by atoms with Gasteiger partial charge in [0, 0.05) is 107 Å². The maximum Gasteiger partial charge on any atom is 0.305 e. The zero-order valence-corrected chi connectivity index (χ0v) is 36.2. The average molecular weight is 950 g/mol. The number of carbonyl (C=O) groups excluding carboxylic acids is 3. The van der Waals surface area contributed by atoms with Crippen molar-refractivity contribution in [1.82, 2.24) is 10.6 Å². The van der Waals surface area contributed by atoms with E-state index in [0.717, 1.165) is 0 Å². The Kier molecular flexibility index (Phi) is 25.3. The van der Waals surface area contributed by atoms with Gasteiger partial charge in [-0.2, -0.15) is 0 Å². The number of carboxylic acids is 9. The third kappa shape index (κ3) is 24.9. The molecule has 0 aromatic rings. The summed E-state index contributed by atoms with van der Waals surface area (Å²) in [6, 6.07) is 0. The van der Waals surface area contributed by atoms with Gasteiger partial charge < -0.3 is 56.6 Å². The molecule has 66 heavy (non-hydrogen) atoms. The Bertz CT molecular complexity index is 1620. The van der Waals surface area contributed by atoms with Crippen LogP contribution in [-0.2, 0) is 57.5 Å². The van der Waals surface area contributed by atoms with Crippen molar-refractivity contribution in [3.63, 3.8) is 0 Å². The highest BCUT2D eigenvalue weighted by atomic mass is 16.6. The van der Waals surface area contributed by atoms with Crippen molar-refractivity contribution < 1.29 is 108 Å². The van der Waals surface area contributed by atoms with Crippen LogP contribution in [0.2, 0.25) is 0 Å². The normalized spacial score (nSPS) is 12.5. The lowest BCUT2D eigenvalue weighted by molar-refractivity contribution is -0.573. The van der Waals surface area contributed by atoms with Gasteiger partial charge in [0.25, 0.3) is 0 Å². The van der Waals surface area contributed by atoms with Gasteiger partial charge in [0.1, 0.15) is 5.78 Å². The van der Waals surface area contributed by atoms with Crippen molar-refractivity contribution in [2.45, 2.75) is 171 Å². The Hall–Kier alpha value is -6.76. The second kappa shape index (κ2) is 28.2. The minimum absolute atomic E-state index is 0.370. The molecule has 372 valence electrons. The lowest BCUT2D eigenvalue weighted by Gasteiger charge is -2.35. The number of carboxylic acid groups (broad SMARTS) is 9. The van der Waals surface area contributed by atoms with E-state index in [1.54, 1.807) is 0 Å². The Balaban J connectivity index is 7.24. The number of Topliss-reactive ketones (excluding diaryl/α,β-unsaturated/α-hetero) is 1. The van der Waals surface area contributed by atoms with Crippen molar-refractivity contribution in [2.24, 2.45) is 5.41 Å². The fraction of sp³-hybridized carbons (Fsp3) is 0.700. The number of carbonyl (C=O) groups is 12. The number of rotatable bonds is 40. The Morgan fingerprint density at radius 3 is 0.909 bits per heavy atom. The van der Waals surface area contributed by atoms with Crippen LogP contribution in [-0.4, -0.2) is 139 Å². The van der Waals surface area contributed by atoms with Crippen molar-refractivity contribution in [1.29, 1.82) is 0 Å². The van der Waals surface area contributed by atoms with E-state index < -0.39 is 233 Å². The van der Waals surface area contributed by atoms with Crippen LogP contribution in [0.25, 0.3) is 0 Å². The van der Waals surface area contributed by atoms with E-state index in [4.69, 9.17) is 0 Å². The Morgan fingerprint density at radius 2 is 0.621 bits per heavy atom. The fourth-order valence-corrected chi connectivity index (χ4v) is 7.75. The molecule has 2 amide bonds. The molecular weight excluding hydrogens is 890 g/mol. The molecule has 0 heterocycles. The summed E-state index contributed by atoms with van der Waals surface area (Å²) < 4.78 is 0. The summed E-state index contributed by atoms with van der Waals surface area (Å²) in [7, 11) is 0. The van der Waals surface area contributed by atoms with Gasteiger partial charge >= 0.3 is 53.7 Å². The van der Waals surface area contributed by atoms with E-state index in [-0.39, 0.29) is 19.3 Å². The van der Waals surface area contributed by atoms with Crippen molar-refractivity contribution >= 4 is 71.3 Å². The minimum atomic E-state index is -2.46. The number of hydrogen-bond donors (Lipinski definition) is 11. The first kappa shape index (κ1) is 59.2. The van der Waals surface area contributed by atoms with E-state index in [0.29, 0.717) is 0 Å². The second-order valence-electron chi connectivity index (χ2n) is 16.6. The summed E-state index contributed by atoms with van der Waals surface area (Å²) in [6.45, 7) is 0. The van der Waals surface area contributed by atoms with Gasteiger partial charge in [0.15, 0.2) is 0 Å². The van der Waals surface area contributed by atoms with E-state index in [1.165, 1.54) is 0 Å². The number of ketones is 1. The summed E-state index contributed by atoms with van der Waals surface area (Å²) in [5.41, 5.74) is -7.76.